The SMILES string of the molecule is CNCC(C)(C)CN(C)C(C)C(C)C. The molecule has 1 N–H and O–H groups in total. The number of hydrogen-bond acceptors (Lipinski definition) is 2. The van der Waals surface area contributed by atoms with Gasteiger partial charge in [0.2, 0.25) is 0 Å². The Hall–Kier alpha value is -0.0800. The van der Waals surface area contributed by atoms with Crippen LogP contribution < -0.4 is 5.32 Å². The molecule has 14 heavy (non-hydrogen) atoms. The van der Waals surface area contributed by atoms with Crippen LogP contribution in [0.3, 0.4) is 0 Å². The second-order valence-electron chi connectivity index (χ2n) is 5.59. The fourth-order valence-corrected chi connectivity index (χ4v) is 1.86. The van der Waals surface area contributed by atoms with Crippen LogP contribution in [0.25, 0.3) is 0 Å². The summed E-state index contributed by atoms with van der Waals surface area (Å²) < 4.78 is 0. The lowest BCUT2D eigenvalue weighted by Crippen LogP contribution is -2.43. The Morgan fingerprint density at radius 2 is 1.71 bits per heavy atom. The third kappa shape index (κ3) is 4.97. The highest BCUT2D eigenvalue weighted by atomic mass is 15.1. The fraction of sp³-hybridized carbons (Fsp3) is 1.00. The van der Waals surface area contributed by atoms with Gasteiger partial charge in [-0.05, 0) is 32.4 Å². The number of nitrogens with zero attached hydrogens (tertiary/aromatic N) is 1. The molecule has 1 atom stereocenters. The lowest BCUT2D eigenvalue weighted by atomic mass is 9.91. The lowest BCUT2D eigenvalue weighted by molar-refractivity contribution is 0.140. The highest BCUT2D eigenvalue weighted by Crippen LogP contribution is 2.18. The van der Waals surface area contributed by atoms with Crippen LogP contribution in [-0.4, -0.2) is 38.1 Å². The zero-order valence-corrected chi connectivity index (χ0v) is 11.0. The van der Waals surface area contributed by atoms with E-state index >= 15 is 0 Å². The predicted octanol–water partition coefficient (Wildman–Crippen LogP) is 2.21. The van der Waals surface area contributed by atoms with Crippen molar-refractivity contribution < 1.29 is 0 Å². The van der Waals surface area contributed by atoms with Crippen LogP contribution in [0.4, 0.5) is 0 Å². The summed E-state index contributed by atoms with van der Waals surface area (Å²) in [5.41, 5.74) is 0.354. The van der Waals surface area contributed by atoms with Gasteiger partial charge in [-0.2, -0.15) is 0 Å². The topological polar surface area (TPSA) is 15.3 Å². The van der Waals surface area contributed by atoms with Gasteiger partial charge in [-0.15, -0.1) is 0 Å². The van der Waals surface area contributed by atoms with Crippen LogP contribution in [0.1, 0.15) is 34.6 Å². The highest BCUT2D eigenvalue weighted by Gasteiger charge is 2.22. The molecule has 0 bridgehead atoms. The first kappa shape index (κ1) is 13.9. The molecule has 2 heteroatoms. The molecule has 1 unspecified atom stereocenters. The number of rotatable bonds is 6. The monoisotopic (exact) mass is 200 g/mol. The maximum atomic E-state index is 3.25. The van der Waals surface area contributed by atoms with E-state index in [4.69, 9.17) is 0 Å². The normalized spacial score (nSPS) is 15.2. The maximum absolute atomic E-state index is 3.25. The van der Waals surface area contributed by atoms with E-state index in [1.807, 2.05) is 7.05 Å². The van der Waals surface area contributed by atoms with Crippen LogP contribution in [0.15, 0.2) is 0 Å². The Balaban J connectivity index is 4.09. The van der Waals surface area contributed by atoms with E-state index in [9.17, 15) is 0 Å². The molecule has 2 nitrogen and oxygen atoms in total. The van der Waals surface area contributed by atoms with Crippen LogP contribution in [0.2, 0.25) is 0 Å². The van der Waals surface area contributed by atoms with E-state index in [1.165, 1.54) is 0 Å². The summed E-state index contributed by atoms with van der Waals surface area (Å²) in [5, 5.41) is 3.25. The molecule has 0 saturated heterocycles. The van der Waals surface area contributed by atoms with Gasteiger partial charge in [0, 0.05) is 19.1 Å². The van der Waals surface area contributed by atoms with Crippen molar-refractivity contribution in [1.82, 2.24) is 10.2 Å². The third-order valence-electron chi connectivity index (χ3n) is 2.99. The van der Waals surface area contributed by atoms with Crippen molar-refractivity contribution in [1.29, 1.82) is 0 Å². The van der Waals surface area contributed by atoms with Crippen molar-refractivity contribution in [2.45, 2.75) is 40.7 Å². The molecule has 0 rings (SSSR count). The van der Waals surface area contributed by atoms with Crippen LogP contribution in [-0.2, 0) is 0 Å². The van der Waals surface area contributed by atoms with E-state index in [2.05, 4.69) is 51.9 Å². The minimum atomic E-state index is 0.354. The number of nitrogens with one attached hydrogen (secondary N) is 1. The quantitative estimate of drug-likeness (QED) is 0.707. The molecule has 0 aromatic rings. The average Bonchev–Trinajstić information content (AvgIpc) is 2.01. The molecule has 0 spiro atoms. The Bertz CT molecular complexity index is 152. The molecule has 0 aromatic heterocycles. The van der Waals surface area contributed by atoms with Gasteiger partial charge in [-0.25, -0.2) is 0 Å². The molecule has 0 heterocycles. The molecule has 0 fully saturated rings. The van der Waals surface area contributed by atoms with Gasteiger partial charge in [-0.1, -0.05) is 27.7 Å². The molecular formula is C12H28N2. The first-order chi connectivity index (χ1) is 6.30. The van der Waals surface area contributed by atoms with Gasteiger partial charge in [0.1, 0.15) is 0 Å². The van der Waals surface area contributed by atoms with Crippen LogP contribution in [0, 0.1) is 11.3 Å². The van der Waals surface area contributed by atoms with Crippen molar-refractivity contribution >= 4 is 0 Å². The Morgan fingerprint density at radius 3 is 2.07 bits per heavy atom. The summed E-state index contributed by atoms with van der Waals surface area (Å²) in [6.07, 6.45) is 0. The molecule has 0 aliphatic carbocycles. The predicted molar refractivity (Wildman–Crippen MR) is 64.6 cm³/mol. The Labute approximate surface area is 90.1 Å². The van der Waals surface area contributed by atoms with Gasteiger partial charge < -0.3 is 10.2 Å². The molecule has 0 aliphatic heterocycles. The van der Waals surface area contributed by atoms with Crippen LogP contribution in [0.5, 0.6) is 0 Å². The summed E-state index contributed by atoms with van der Waals surface area (Å²) in [6, 6.07) is 0.658. The summed E-state index contributed by atoms with van der Waals surface area (Å²) in [4.78, 5) is 2.46. The molecule has 0 aromatic carbocycles. The summed E-state index contributed by atoms with van der Waals surface area (Å²) in [5.74, 6) is 0.727. The first-order valence-electron chi connectivity index (χ1n) is 5.65. The van der Waals surface area contributed by atoms with Gasteiger partial charge in [0.05, 0.1) is 0 Å². The van der Waals surface area contributed by atoms with Gasteiger partial charge in [-0.3, -0.25) is 0 Å². The summed E-state index contributed by atoms with van der Waals surface area (Å²) >= 11 is 0. The summed E-state index contributed by atoms with van der Waals surface area (Å²) in [7, 11) is 4.25. The lowest BCUT2D eigenvalue weighted by Gasteiger charge is -2.35. The standard InChI is InChI=1S/C12H28N2/c1-10(2)11(3)14(7)9-12(4,5)8-13-6/h10-11,13H,8-9H2,1-7H3. The molecule has 86 valence electrons. The molecule has 0 saturated carbocycles. The summed E-state index contributed by atoms with van der Waals surface area (Å²) in [6.45, 7) is 13.7. The second-order valence-corrected chi connectivity index (χ2v) is 5.59. The first-order valence-corrected chi connectivity index (χ1v) is 5.65. The van der Waals surface area contributed by atoms with E-state index in [-0.39, 0.29) is 0 Å². The largest absolute Gasteiger partial charge is 0.319 e. The van der Waals surface area contributed by atoms with E-state index < -0.39 is 0 Å². The Kier molecular flexibility index (Phi) is 5.68. The zero-order chi connectivity index (χ0) is 11.4. The maximum Gasteiger partial charge on any atom is 0.00871 e. The highest BCUT2D eigenvalue weighted by molar-refractivity contribution is 4.77. The number of hydrogen-bond donors (Lipinski definition) is 1. The molecule has 0 radical (unpaired) electrons. The van der Waals surface area contributed by atoms with Crippen molar-refractivity contribution in [2.75, 3.05) is 27.2 Å². The fourth-order valence-electron chi connectivity index (χ4n) is 1.86. The Morgan fingerprint density at radius 1 is 1.21 bits per heavy atom. The minimum Gasteiger partial charge on any atom is -0.319 e. The van der Waals surface area contributed by atoms with Gasteiger partial charge in [0.25, 0.3) is 0 Å². The second kappa shape index (κ2) is 5.72. The molecule has 0 aliphatic rings. The van der Waals surface area contributed by atoms with Crippen molar-refractivity contribution in [3.05, 3.63) is 0 Å². The molecule has 0 amide bonds. The third-order valence-corrected chi connectivity index (χ3v) is 2.99. The van der Waals surface area contributed by atoms with Gasteiger partial charge in [0.15, 0.2) is 0 Å². The van der Waals surface area contributed by atoms with E-state index in [1.54, 1.807) is 0 Å². The van der Waals surface area contributed by atoms with Crippen molar-refractivity contribution in [2.24, 2.45) is 11.3 Å². The van der Waals surface area contributed by atoms with Crippen LogP contribution >= 0.6 is 0 Å². The molecular weight excluding hydrogens is 172 g/mol. The van der Waals surface area contributed by atoms with Crippen molar-refractivity contribution in [3.63, 3.8) is 0 Å². The van der Waals surface area contributed by atoms with E-state index in [0.29, 0.717) is 11.5 Å². The smallest absolute Gasteiger partial charge is 0.00871 e. The van der Waals surface area contributed by atoms with Gasteiger partial charge >= 0.3 is 0 Å². The zero-order valence-electron chi connectivity index (χ0n) is 11.0. The van der Waals surface area contributed by atoms with Crippen molar-refractivity contribution in [3.8, 4) is 0 Å². The van der Waals surface area contributed by atoms with E-state index in [0.717, 1.165) is 19.0 Å². The minimum absolute atomic E-state index is 0.354. The average molecular weight is 200 g/mol.